The number of rotatable bonds is 4. The number of carbonyl (C=O) groups excluding carboxylic acids is 2. The molecule has 1 unspecified atom stereocenters. The van der Waals surface area contributed by atoms with Crippen molar-refractivity contribution in [1.82, 2.24) is 9.55 Å². The van der Waals surface area contributed by atoms with Crippen LogP contribution in [0.3, 0.4) is 0 Å². The zero-order valence-electron chi connectivity index (χ0n) is 17.6. The van der Waals surface area contributed by atoms with Crippen molar-refractivity contribution < 1.29 is 9.59 Å². The highest BCUT2D eigenvalue weighted by atomic mass is 32.2. The van der Waals surface area contributed by atoms with Crippen molar-refractivity contribution in [3.8, 4) is 11.3 Å². The molecule has 1 aromatic heterocycles. The van der Waals surface area contributed by atoms with Crippen LogP contribution in [-0.2, 0) is 16.1 Å². The molecular weight excluding hydrogens is 408 g/mol. The molecule has 1 saturated heterocycles. The van der Waals surface area contributed by atoms with Crippen LogP contribution in [0, 0.1) is 19.8 Å². The smallest absolute Gasteiger partial charge is 0.229 e. The first-order chi connectivity index (χ1) is 15.0. The van der Waals surface area contributed by atoms with Crippen LogP contribution in [0.1, 0.15) is 17.5 Å². The number of aryl methyl sites for hydroxylation is 3. The zero-order chi connectivity index (χ0) is 21.5. The van der Waals surface area contributed by atoms with E-state index < -0.39 is 0 Å². The first-order valence-electron chi connectivity index (χ1n) is 10.5. The predicted molar refractivity (Wildman–Crippen MR) is 123 cm³/mol. The summed E-state index contributed by atoms with van der Waals surface area (Å²) in [6.07, 6.45) is 2.26. The normalized spacial score (nSPS) is 17.8. The van der Waals surface area contributed by atoms with Crippen LogP contribution in [0.2, 0.25) is 0 Å². The number of anilines is 2. The number of imidazole rings is 1. The van der Waals surface area contributed by atoms with Gasteiger partial charge in [-0.1, -0.05) is 36.0 Å². The molecule has 7 heteroatoms. The number of fused-ring (bicyclic) bond motifs is 1. The van der Waals surface area contributed by atoms with Crippen LogP contribution >= 0.6 is 11.8 Å². The first kappa shape index (κ1) is 19.9. The third-order valence-corrected chi connectivity index (χ3v) is 7.03. The second-order valence-corrected chi connectivity index (χ2v) is 9.22. The topological polar surface area (TPSA) is 67.2 Å². The Bertz CT molecular complexity index is 1160. The lowest BCUT2D eigenvalue weighted by Crippen LogP contribution is -2.28. The summed E-state index contributed by atoms with van der Waals surface area (Å²) in [6, 6.07) is 13.7. The van der Waals surface area contributed by atoms with Crippen molar-refractivity contribution in [3.63, 3.8) is 0 Å². The summed E-state index contributed by atoms with van der Waals surface area (Å²) >= 11 is 1.75. The molecule has 0 aliphatic carbocycles. The van der Waals surface area contributed by atoms with Gasteiger partial charge < -0.3 is 14.8 Å². The molecule has 0 radical (unpaired) electrons. The molecule has 6 nitrogen and oxygen atoms in total. The molecular formula is C24H24N4O2S. The van der Waals surface area contributed by atoms with Crippen LogP contribution < -0.4 is 10.2 Å². The molecule has 0 bridgehead atoms. The van der Waals surface area contributed by atoms with Crippen molar-refractivity contribution in [3.05, 3.63) is 59.8 Å². The molecule has 3 heterocycles. The third-order valence-electron chi connectivity index (χ3n) is 6.06. The number of carbonyl (C=O) groups is 2. The van der Waals surface area contributed by atoms with Crippen LogP contribution in [0.25, 0.3) is 11.3 Å². The van der Waals surface area contributed by atoms with Gasteiger partial charge in [0, 0.05) is 42.7 Å². The molecule has 0 saturated carbocycles. The summed E-state index contributed by atoms with van der Waals surface area (Å²) in [5.74, 6) is 0.519. The fourth-order valence-corrected chi connectivity index (χ4v) is 5.06. The van der Waals surface area contributed by atoms with E-state index in [9.17, 15) is 9.59 Å². The summed E-state index contributed by atoms with van der Waals surface area (Å²) in [6.45, 7) is 5.43. The molecule has 1 fully saturated rings. The van der Waals surface area contributed by atoms with Crippen molar-refractivity contribution in [2.75, 3.05) is 22.5 Å². The molecule has 2 aromatic carbocycles. The molecule has 2 amide bonds. The van der Waals surface area contributed by atoms with E-state index in [2.05, 4.69) is 9.88 Å². The lowest BCUT2D eigenvalue weighted by molar-refractivity contribution is -0.122. The minimum absolute atomic E-state index is 0.0146. The number of nitrogens with one attached hydrogen (secondary N) is 1. The summed E-state index contributed by atoms with van der Waals surface area (Å²) in [7, 11) is 0. The zero-order valence-corrected chi connectivity index (χ0v) is 18.4. The van der Waals surface area contributed by atoms with Crippen molar-refractivity contribution in [1.29, 1.82) is 0 Å². The summed E-state index contributed by atoms with van der Waals surface area (Å²) in [4.78, 5) is 32.1. The van der Waals surface area contributed by atoms with E-state index in [1.54, 1.807) is 16.7 Å². The Morgan fingerprint density at radius 1 is 1.16 bits per heavy atom. The van der Waals surface area contributed by atoms with Gasteiger partial charge >= 0.3 is 0 Å². The number of nitrogens with zero attached hydrogens (tertiary/aromatic N) is 3. The maximum Gasteiger partial charge on any atom is 0.229 e. The van der Waals surface area contributed by atoms with E-state index in [-0.39, 0.29) is 24.2 Å². The number of hydrogen-bond donors (Lipinski definition) is 1. The van der Waals surface area contributed by atoms with Crippen LogP contribution in [0.15, 0.2) is 53.8 Å². The average molecular weight is 433 g/mol. The highest BCUT2D eigenvalue weighted by molar-refractivity contribution is 7.99. The molecule has 1 atom stereocenters. The molecule has 3 aromatic rings. The number of aromatic nitrogens is 2. The van der Waals surface area contributed by atoms with E-state index in [1.807, 2.05) is 62.5 Å². The van der Waals surface area contributed by atoms with E-state index >= 15 is 0 Å². The van der Waals surface area contributed by atoms with E-state index in [4.69, 9.17) is 4.98 Å². The number of benzene rings is 2. The van der Waals surface area contributed by atoms with Gasteiger partial charge in [0.15, 0.2) is 5.16 Å². The van der Waals surface area contributed by atoms with Gasteiger partial charge in [-0.2, -0.15) is 0 Å². The first-order valence-corrected chi connectivity index (χ1v) is 11.5. The van der Waals surface area contributed by atoms with Crippen LogP contribution in [-0.4, -0.2) is 33.7 Å². The van der Waals surface area contributed by atoms with Gasteiger partial charge in [-0.3, -0.25) is 9.59 Å². The molecule has 31 heavy (non-hydrogen) atoms. The monoisotopic (exact) mass is 432 g/mol. The summed E-state index contributed by atoms with van der Waals surface area (Å²) < 4.78 is 2.15. The standard InChI is InChI=1S/C24H24N4O2S/c1-15-7-8-18(11-16(15)2)28-13-17(12-22(28)29)23(30)25-20-6-4-3-5-19(20)21-14-27-9-10-31-24(27)26-21/h3-8,11,14,17H,9-10,12-13H2,1-2H3,(H,25,30). The second kappa shape index (κ2) is 7.89. The van der Waals surface area contributed by atoms with Gasteiger partial charge in [-0.15, -0.1) is 0 Å². The fraction of sp³-hybridized carbons (Fsp3) is 0.292. The Hall–Kier alpha value is -3.06. The van der Waals surface area contributed by atoms with Gasteiger partial charge in [0.25, 0.3) is 0 Å². The van der Waals surface area contributed by atoms with E-state index in [1.165, 1.54) is 5.56 Å². The number of para-hydroxylation sites is 1. The molecule has 1 N–H and O–H groups in total. The minimum Gasteiger partial charge on any atom is -0.325 e. The van der Waals surface area contributed by atoms with Gasteiger partial charge in [0.1, 0.15) is 0 Å². The molecule has 2 aliphatic heterocycles. The quantitative estimate of drug-likeness (QED) is 0.669. The largest absolute Gasteiger partial charge is 0.325 e. The molecule has 2 aliphatic rings. The summed E-state index contributed by atoms with van der Waals surface area (Å²) in [5.41, 5.74) is 5.66. The second-order valence-electron chi connectivity index (χ2n) is 8.16. The van der Waals surface area contributed by atoms with Crippen molar-refractivity contribution in [2.45, 2.75) is 32.0 Å². The van der Waals surface area contributed by atoms with Crippen LogP contribution in [0.5, 0.6) is 0 Å². The van der Waals surface area contributed by atoms with E-state index in [0.29, 0.717) is 6.54 Å². The van der Waals surface area contributed by atoms with Crippen LogP contribution in [0.4, 0.5) is 11.4 Å². The number of thioether (sulfide) groups is 1. The van der Waals surface area contributed by atoms with Gasteiger partial charge in [-0.05, 0) is 43.2 Å². The molecule has 5 rings (SSSR count). The lowest BCUT2D eigenvalue weighted by atomic mass is 10.1. The van der Waals surface area contributed by atoms with E-state index in [0.717, 1.165) is 45.6 Å². The predicted octanol–water partition coefficient (Wildman–Crippen LogP) is 4.26. The number of hydrogen-bond acceptors (Lipinski definition) is 4. The summed E-state index contributed by atoms with van der Waals surface area (Å²) in [5, 5.41) is 4.07. The lowest BCUT2D eigenvalue weighted by Gasteiger charge is -2.18. The van der Waals surface area contributed by atoms with Gasteiger partial charge in [0.2, 0.25) is 11.8 Å². The Morgan fingerprint density at radius 3 is 2.81 bits per heavy atom. The third kappa shape index (κ3) is 3.74. The Kier molecular flexibility index (Phi) is 5.06. The average Bonchev–Trinajstić information content (AvgIpc) is 3.45. The van der Waals surface area contributed by atoms with Gasteiger partial charge in [-0.25, -0.2) is 4.98 Å². The Morgan fingerprint density at radius 2 is 2.00 bits per heavy atom. The minimum atomic E-state index is -0.385. The highest BCUT2D eigenvalue weighted by Gasteiger charge is 2.35. The fourth-order valence-electron chi connectivity index (χ4n) is 4.12. The maximum atomic E-state index is 13.1. The van der Waals surface area contributed by atoms with Crippen molar-refractivity contribution >= 4 is 35.0 Å². The van der Waals surface area contributed by atoms with Crippen molar-refractivity contribution in [2.24, 2.45) is 5.92 Å². The van der Waals surface area contributed by atoms with Gasteiger partial charge in [0.05, 0.1) is 17.3 Å². The number of amides is 2. The Balaban J connectivity index is 1.34. The molecule has 0 spiro atoms. The molecule has 158 valence electrons. The highest BCUT2D eigenvalue weighted by Crippen LogP contribution is 2.33. The SMILES string of the molecule is Cc1ccc(N2CC(C(=O)Nc3ccccc3-c3cn4c(n3)SCC4)CC2=O)cc1C. The Labute approximate surface area is 185 Å². The maximum absolute atomic E-state index is 13.1.